The summed E-state index contributed by atoms with van der Waals surface area (Å²) in [5, 5.41) is 3.58. The van der Waals surface area contributed by atoms with Crippen molar-refractivity contribution in [2.75, 3.05) is 7.11 Å². The lowest BCUT2D eigenvalue weighted by Crippen LogP contribution is -2.29. The summed E-state index contributed by atoms with van der Waals surface area (Å²) in [5.74, 6) is 0.714. The largest absolute Gasteiger partial charge is 0.497 e. The van der Waals surface area contributed by atoms with Crippen LogP contribution in [0.25, 0.3) is 11.3 Å². The van der Waals surface area contributed by atoms with Crippen molar-refractivity contribution in [1.82, 2.24) is 9.88 Å². The van der Waals surface area contributed by atoms with Crippen molar-refractivity contribution >= 4 is 10.0 Å². The van der Waals surface area contributed by atoms with Crippen LogP contribution in [0.15, 0.2) is 39.9 Å². The quantitative estimate of drug-likeness (QED) is 0.913. The summed E-state index contributed by atoms with van der Waals surface area (Å²) in [6.45, 7) is 3.47. The average molecular weight is 296 g/mol. The molecular formula is C13H16N2O4S. The van der Waals surface area contributed by atoms with Gasteiger partial charge in [0.05, 0.1) is 7.11 Å². The van der Waals surface area contributed by atoms with Gasteiger partial charge >= 0.3 is 0 Å². The van der Waals surface area contributed by atoms with Crippen LogP contribution in [0.3, 0.4) is 0 Å². The fraction of sp³-hybridized carbons (Fsp3) is 0.308. The number of nitrogens with one attached hydrogen (secondary N) is 1. The molecule has 0 aliphatic heterocycles. The number of methoxy groups -OCH3 is 1. The van der Waals surface area contributed by atoms with Crippen molar-refractivity contribution < 1.29 is 17.7 Å². The van der Waals surface area contributed by atoms with Crippen molar-refractivity contribution in [3.63, 3.8) is 0 Å². The molecule has 0 amide bonds. The minimum absolute atomic E-state index is 0.197. The molecular weight excluding hydrogens is 280 g/mol. The zero-order chi connectivity index (χ0) is 14.8. The molecule has 0 aliphatic rings. The van der Waals surface area contributed by atoms with E-state index in [0.717, 1.165) is 5.56 Å². The van der Waals surface area contributed by atoms with Gasteiger partial charge in [0.1, 0.15) is 11.4 Å². The van der Waals surface area contributed by atoms with Gasteiger partial charge in [0.15, 0.2) is 0 Å². The van der Waals surface area contributed by atoms with Gasteiger partial charge in [0.2, 0.25) is 0 Å². The molecule has 0 bridgehead atoms. The van der Waals surface area contributed by atoms with Gasteiger partial charge in [0, 0.05) is 17.7 Å². The van der Waals surface area contributed by atoms with Gasteiger partial charge < -0.3 is 9.26 Å². The van der Waals surface area contributed by atoms with Gasteiger partial charge in [-0.1, -0.05) is 5.16 Å². The highest BCUT2D eigenvalue weighted by Crippen LogP contribution is 2.23. The van der Waals surface area contributed by atoms with E-state index in [0.29, 0.717) is 11.4 Å². The first kappa shape index (κ1) is 14.5. The average Bonchev–Trinajstić information content (AvgIpc) is 2.88. The predicted molar refractivity (Wildman–Crippen MR) is 73.9 cm³/mol. The maximum atomic E-state index is 11.9. The maximum absolute atomic E-state index is 11.9. The van der Waals surface area contributed by atoms with E-state index in [2.05, 4.69) is 9.88 Å². The molecule has 0 radical (unpaired) electrons. The second-order valence-electron chi connectivity index (χ2n) is 4.54. The SMILES string of the molecule is COc1ccc(-c2cc(S(=O)(=O)NC(C)C)on2)cc1. The van der Waals surface area contributed by atoms with E-state index in [1.165, 1.54) is 6.07 Å². The Balaban J connectivity index is 2.28. The smallest absolute Gasteiger partial charge is 0.277 e. The Hall–Kier alpha value is -1.86. The van der Waals surface area contributed by atoms with E-state index in [-0.39, 0.29) is 11.1 Å². The van der Waals surface area contributed by atoms with Gasteiger partial charge in [-0.15, -0.1) is 0 Å². The lowest BCUT2D eigenvalue weighted by Gasteiger charge is -2.05. The summed E-state index contributed by atoms with van der Waals surface area (Å²) in [4.78, 5) is 0. The molecule has 1 aromatic carbocycles. The normalized spacial score (nSPS) is 11.8. The van der Waals surface area contributed by atoms with Crippen molar-refractivity contribution in [3.8, 4) is 17.0 Å². The third-order valence-corrected chi connectivity index (χ3v) is 4.03. The minimum Gasteiger partial charge on any atom is -0.497 e. The highest BCUT2D eigenvalue weighted by atomic mass is 32.2. The summed E-state index contributed by atoms with van der Waals surface area (Å²) in [5.41, 5.74) is 1.21. The second-order valence-corrected chi connectivity index (χ2v) is 6.18. The predicted octanol–water partition coefficient (Wildman–Crippen LogP) is 2.04. The lowest BCUT2D eigenvalue weighted by atomic mass is 10.1. The number of benzene rings is 1. The van der Waals surface area contributed by atoms with E-state index in [9.17, 15) is 8.42 Å². The zero-order valence-electron chi connectivity index (χ0n) is 11.5. The fourth-order valence-electron chi connectivity index (χ4n) is 1.65. The molecule has 2 rings (SSSR count). The first-order valence-electron chi connectivity index (χ1n) is 6.06. The van der Waals surface area contributed by atoms with Gasteiger partial charge in [-0.25, -0.2) is 13.1 Å². The molecule has 0 spiro atoms. The molecule has 6 nitrogen and oxygen atoms in total. The van der Waals surface area contributed by atoms with Crippen LogP contribution in [-0.4, -0.2) is 26.7 Å². The lowest BCUT2D eigenvalue weighted by molar-refractivity contribution is 0.338. The van der Waals surface area contributed by atoms with Gasteiger partial charge in [0.25, 0.3) is 15.1 Å². The van der Waals surface area contributed by atoms with Crippen molar-refractivity contribution in [3.05, 3.63) is 30.3 Å². The van der Waals surface area contributed by atoms with Crippen LogP contribution in [0.2, 0.25) is 0 Å². The Morgan fingerprint density at radius 2 is 1.90 bits per heavy atom. The minimum atomic E-state index is -3.66. The van der Waals surface area contributed by atoms with Gasteiger partial charge in [-0.2, -0.15) is 0 Å². The van der Waals surface area contributed by atoms with E-state index >= 15 is 0 Å². The Morgan fingerprint density at radius 1 is 1.25 bits per heavy atom. The summed E-state index contributed by atoms with van der Waals surface area (Å²) in [6.07, 6.45) is 0. The van der Waals surface area contributed by atoms with Crippen LogP contribution in [0.4, 0.5) is 0 Å². The van der Waals surface area contributed by atoms with E-state index in [1.54, 1.807) is 45.2 Å². The second kappa shape index (κ2) is 5.64. The Kier molecular flexibility index (Phi) is 4.10. The summed E-state index contributed by atoms with van der Waals surface area (Å²) >= 11 is 0. The van der Waals surface area contributed by atoms with Crippen LogP contribution in [0, 0.1) is 0 Å². The van der Waals surface area contributed by atoms with Gasteiger partial charge in [-0.05, 0) is 38.1 Å². The Morgan fingerprint density at radius 3 is 2.45 bits per heavy atom. The van der Waals surface area contributed by atoms with E-state index < -0.39 is 10.0 Å². The number of hydrogen-bond acceptors (Lipinski definition) is 5. The van der Waals surface area contributed by atoms with E-state index in [1.807, 2.05) is 0 Å². The highest BCUT2D eigenvalue weighted by Gasteiger charge is 2.21. The Bertz CT molecular complexity index is 675. The molecule has 108 valence electrons. The molecule has 0 fully saturated rings. The summed E-state index contributed by atoms with van der Waals surface area (Å²) < 4.78 is 36.3. The number of nitrogens with zero attached hydrogens (tertiary/aromatic N) is 1. The summed E-state index contributed by atoms with van der Waals surface area (Å²) in [7, 11) is -2.09. The maximum Gasteiger partial charge on any atom is 0.277 e. The molecule has 0 saturated heterocycles. The number of sulfonamides is 1. The standard InChI is InChI=1S/C13H16N2O4S/c1-9(2)15-20(16,17)13-8-12(14-19-13)10-4-6-11(18-3)7-5-10/h4-9,15H,1-3H3. The molecule has 0 saturated carbocycles. The number of hydrogen-bond donors (Lipinski definition) is 1. The van der Waals surface area contributed by atoms with Crippen LogP contribution in [0.5, 0.6) is 5.75 Å². The molecule has 1 N–H and O–H groups in total. The number of aromatic nitrogens is 1. The van der Waals surface area contributed by atoms with Crippen molar-refractivity contribution in [2.45, 2.75) is 25.0 Å². The van der Waals surface area contributed by atoms with Crippen LogP contribution >= 0.6 is 0 Å². The van der Waals surface area contributed by atoms with Crippen molar-refractivity contribution in [1.29, 1.82) is 0 Å². The molecule has 2 aromatic rings. The third-order valence-electron chi connectivity index (χ3n) is 2.53. The highest BCUT2D eigenvalue weighted by molar-refractivity contribution is 7.89. The first-order valence-corrected chi connectivity index (χ1v) is 7.54. The Labute approximate surface area is 117 Å². The van der Waals surface area contributed by atoms with E-state index in [4.69, 9.17) is 9.26 Å². The molecule has 0 atom stereocenters. The number of ether oxygens (including phenoxy) is 1. The first-order chi connectivity index (χ1) is 9.42. The van der Waals surface area contributed by atoms with Crippen LogP contribution in [0.1, 0.15) is 13.8 Å². The summed E-state index contributed by atoms with van der Waals surface area (Å²) in [6, 6.07) is 8.28. The molecule has 0 unspecified atom stereocenters. The number of rotatable bonds is 5. The topological polar surface area (TPSA) is 81.4 Å². The monoisotopic (exact) mass is 296 g/mol. The van der Waals surface area contributed by atoms with Crippen LogP contribution in [-0.2, 0) is 10.0 Å². The third kappa shape index (κ3) is 3.17. The molecule has 20 heavy (non-hydrogen) atoms. The van der Waals surface area contributed by atoms with Crippen LogP contribution < -0.4 is 9.46 Å². The zero-order valence-corrected chi connectivity index (χ0v) is 12.3. The molecule has 1 aromatic heterocycles. The van der Waals surface area contributed by atoms with Crippen molar-refractivity contribution in [2.24, 2.45) is 0 Å². The molecule has 0 aliphatic carbocycles. The fourth-order valence-corrected chi connectivity index (χ4v) is 2.79. The molecule has 1 heterocycles. The molecule has 7 heteroatoms. The van der Waals surface area contributed by atoms with Gasteiger partial charge in [-0.3, -0.25) is 0 Å².